The zero-order valence-electron chi connectivity index (χ0n) is 10.5. The summed E-state index contributed by atoms with van der Waals surface area (Å²) in [7, 11) is 0. The minimum absolute atomic E-state index is 0.809. The second kappa shape index (κ2) is 6.92. The third-order valence-corrected chi connectivity index (χ3v) is 3.24. The predicted molar refractivity (Wildman–Crippen MR) is 69.1 cm³/mol. The van der Waals surface area contributed by atoms with Gasteiger partial charge in [0.1, 0.15) is 0 Å². The molecule has 1 rings (SSSR count). The van der Waals surface area contributed by atoms with E-state index in [0.29, 0.717) is 0 Å². The van der Waals surface area contributed by atoms with Crippen LogP contribution in [0.4, 0.5) is 0 Å². The van der Waals surface area contributed by atoms with Crippen LogP contribution >= 0.6 is 11.6 Å². The molecule has 0 fully saturated rings. The zero-order chi connectivity index (χ0) is 12.0. The fourth-order valence-electron chi connectivity index (χ4n) is 1.71. The summed E-state index contributed by atoms with van der Waals surface area (Å²) >= 11 is 6.08. The van der Waals surface area contributed by atoms with Crippen molar-refractivity contribution < 1.29 is 0 Å². The maximum absolute atomic E-state index is 6.08. The van der Waals surface area contributed by atoms with E-state index in [1.54, 1.807) is 0 Å². The van der Waals surface area contributed by atoms with Crippen molar-refractivity contribution >= 4 is 11.6 Å². The second-order valence-corrected chi connectivity index (χ2v) is 4.54. The Morgan fingerprint density at radius 2 is 2.00 bits per heavy atom. The fraction of sp³-hybridized carbons (Fsp3) is 0.750. The molecule has 1 aromatic heterocycles. The Bertz CT molecular complexity index is 320. The average Bonchev–Trinajstić information content (AvgIpc) is 2.51. The minimum Gasteiger partial charge on any atom is -0.317 e. The molecule has 0 aromatic carbocycles. The maximum Gasteiger partial charge on any atom is 0.0844 e. The summed E-state index contributed by atoms with van der Waals surface area (Å²) in [5, 5.41) is 8.61. The van der Waals surface area contributed by atoms with Gasteiger partial charge in [-0.2, -0.15) is 5.10 Å². The lowest BCUT2D eigenvalue weighted by atomic mass is 10.3. The molecule has 1 aromatic rings. The highest BCUT2D eigenvalue weighted by Gasteiger charge is 2.07. The number of unbranched alkanes of at least 4 members (excludes halogenated alkanes) is 1. The van der Waals surface area contributed by atoms with E-state index in [4.69, 9.17) is 11.6 Å². The predicted octanol–water partition coefficient (Wildman–Crippen LogP) is 2.93. The van der Waals surface area contributed by atoms with E-state index in [-0.39, 0.29) is 0 Å². The molecule has 0 aliphatic heterocycles. The maximum atomic E-state index is 6.08. The van der Waals surface area contributed by atoms with Crippen molar-refractivity contribution in [3.63, 3.8) is 0 Å². The summed E-state index contributed by atoms with van der Waals surface area (Å²) in [5.41, 5.74) is 2.02. The normalized spacial score (nSPS) is 11.0. The van der Waals surface area contributed by atoms with Crippen molar-refractivity contribution in [2.75, 3.05) is 13.1 Å². The van der Waals surface area contributed by atoms with Crippen molar-refractivity contribution in [1.29, 1.82) is 0 Å². The highest BCUT2D eigenvalue weighted by molar-refractivity contribution is 6.31. The molecule has 0 aliphatic carbocycles. The van der Waals surface area contributed by atoms with Crippen LogP contribution in [0.3, 0.4) is 0 Å². The molecule has 3 nitrogen and oxygen atoms in total. The van der Waals surface area contributed by atoms with Crippen LogP contribution in [0, 0.1) is 13.8 Å². The fourth-order valence-corrected chi connectivity index (χ4v) is 1.84. The van der Waals surface area contributed by atoms with E-state index >= 15 is 0 Å². The van der Waals surface area contributed by atoms with Crippen molar-refractivity contribution in [3.8, 4) is 0 Å². The van der Waals surface area contributed by atoms with E-state index in [2.05, 4.69) is 17.3 Å². The quantitative estimate of drug-likeness (QED) is 0.747. The molecule has 0 radical (unpaired) electrons. The summed E-state index contributed by atoms with van der Waals surface area (Å²) < 4.78 is 2.01. The summed E-state index contributed by atoms with van der Waals surface area (Å²) in [5.74, 6) is 0. The van der Waals surface area contributed by atoms with Crippen LogP contribution in [0.2, 0.25) is 5.02 Å². The summed E-state index contributed by atoms with van der Waals surface area (Å²) in [6.07, 6.45) is 3.54. The van der Waals surface area contributed by atoms with Gasteiger partial charge in [-0.1, -0.05) is 18.5 Å². The van der Waals surface area contributed by atoms with E-state index < -0.39 is 0 Å². The van der Waals surface area contributed by atoms with Gasteiger partial charge in [-0.3, -0.25) is 4.68 Å². The number of aryl methyl sites for hydroxylation is 2. The molecule has 4 heteroatoms. The number of aromatic nitrogens is 2. The van der Waals surface area contributed by atoms with Crippen molar-refractivity contribution in [2.24, 2.45) is 0 Å². The van der Waals surface area contributed by atoms with E-state index in [9.17, 15) is 0 Å². The molecule has 1 heterocycles. The molecule has 0 saturated carbocycles. The van der Waals surface area contributed by atoms with Gasteiger partial charge < -0.3 is 5.32 Å². The zero-order valence-corrected chi connectivity index (χ0v) is 11.3. The van der Waals surface area contributed by atoms with Crippen LogP contribution in [0.5, 0.6) is 0 Å². The lowest BCUT2D eigenvalue weighted by molar-refractivity contribution is 0.524. The Labute approximate surface area is 103 Å². The first-order chi connectivity index (χ1) is 7.66. The topological polar surface area (TPSA) is 29.9 Å². The first-order valence-corrected chi connectivity index (χ1v) is 6.44. The van der Waals surface area contributed by atoms with Gasteiger partial charge in [0.25, 0.3) is 0 Å². The second-order valence-electron chi connectivity index (χ2n) is 4.17. The van der Waals surface area contributed by atoms with Crippen molar-refractivity contribution in [1.82, 2.24) is 15.1 Å². The SMILES string of the molecule is CCCNCCCCn1nc(C)c(Cl)c1C. The van der Waals surface area contributed by atoms with Crippen LogP contribution in [-0.4, -0.2) is 22.9 Å². The standard InChI is InChI=1S/C12H22ClN3/c1-4-7-14-8-5-6-9-16-11(3)12(13)10(2)15-16/h14H,4-9H2,1-3H3. The summed E-state index contributed by atoms with van der Waals surface area (Å²) in [4.78, 5) is 0. The monoisotopic (exact) mass is 243 g/mol. The van der Waals surface area contributed by atoms with Gasteiger partial charge >= 0.3 is 0 Å². The molecule has 1 N–H and O–H groups in total. The van der Waals surface area contributed by atoms with Gasteiger partial charge in [0.15, 0.2) is 0 Å². The van der Waals surface area contributed by atoms with Crippen molar-refractivity contribution in [2.45, 2.75) is 46.6 Å². The first kappa shape index (κ1) is 13.5. The molecule has 92 valence electrons. The molecule has 0 amide bonds. The van der Waals surface area contributed by atoms with Crippen LogP contribution in [0.15, 0.2) is 0 Å². The number of halogens is 1. The van der Waals surface area contributed by atoms with Gasteiger partial charge in [-0.15, -0.1) is 0 Å². The van der Waals surface area contributed by atoms with Gasteiger partial charge in [-0.05, 0) is 46.2 Å². The summed E-state index contributed by atoms with van der Waals surface area (Å²) in [6, 6.07) is 0. The van der Waals surface area contributed by atoms with E-state index in [0.717, 1.165) is 42.5 Å². The van der Waals surface area contributed by atoms with Gasteiger partial charge in [0.05, 0.1) is 16.4 Å². The number of nitrogens with zero attached hydrogens (tertiary/aromatic N) is 2. The van der Waals surface area contributed by atoms with Crippen LogP contribution in [0.1, 0.15) is 37.6 Å². The number of rotatable bonds is 7. The molecular weight excluding hydrogens is 222 g/mol. The van der Waals surface area contributed by atoms with Gasteiger partial charge in [-0.25, -0.2) is 0 Å². The van der Waals surface area contributed by atoms with Crippen molar-refractivity contribution in [3.05, 3.63) is 16.4 Å². The Balaban J connectivity index is 2.24. The Kier molecular flexibility index (Phi) is 5.85. The Morgan fingerprint density at radius 3 is 2.56 bits per heavy atom. The van der Waals surface area contributed by atoms with Gasteiger partial charge in [0.2, 0.25) is 0 Å². The van der Waals surface area contributed by atoms with Crippen LogP contribution < -0.4 is 5.32 Å². The molecule has 0 unspecified atom stereocenters. The molecule has 0 saturated heterocycles. The average molecular weight is 244 g/mol. The lowest BCUT2D eigenvalue weighted by Gasteiger charge is -2.05. The van der Waals surface area contributed by atoms with E-state index in [1.165, 1.54) is 12.8 Å². The summed E-state index contributed by atoms with van der Waals surface area (Å²) in [6.45, 7) is 9.34. The highest BCUT2D eigenvalue weighted by Crippen LogP contribution is 2.19. The minimum atomic E-state index is 0.809. The Morgan fingerprint density at radius 1 is 1.25 bits per heavy atom. The molecule has 0 atom stereocenters. The van der Waals surface area contributed by atoms with Crippen LogP contribution in [-0.2, 0) is 6.54 Å². The number of hydrogen-bond donors (Lipinski definition) is 1. The van der Waals surface area contributed by atoms with E-state index in [1.807, 2.05) is 18.5 Å². The highest BCUT2D eigenvalue weighted by atomic mass is 35.5. The molecular formula is C12H22ClN3. The largest absolute Gasteiger partial charge is 0.317 e. The lowest BCUT2D eigenvalue weighted by Crippen LogP contribution is -2.16. The molecule has 16 heavy (non-hydrogen) atoms. The first-order valence-electron chi connectivity index (χ1n) is 6.07. The third kappa shape index (κ3) is 3.80. The Hall–Kier alpha value is -0.540. The number of hydrogen-bond acceptors (Lipinski definition) is 2. The van der Waals surface area contributed by atoms with Crippen LogP contribution in [0.25, 0.3) is 0 Å². The van der Waals surface area contributed by atoms with Gasteiger partial charge in [0, 0.05) is 6.54 Å². The smallest absolute Gasteiger partial charge is 0.0844 e. The third-order valence-electron chi connectivity index (χ3n) is 2.69. The molecule has 0 aliphatic rings. The molecule has 0 spiro atoms. The molecule has 0 bridgehead atoms. The number of nitrogens with one attached hydrogen (secondary N) is 1.